The highest BCUT2D eigenvalue weighted by Gasteiger charge is 2.47. The predicted octanol–water partition coefficient (Wildman–Crippen LogP) is 1.50. The molecule has 2 aliphatic heterocycles. The summed E-state index contributed by atoms with van der Waals surface area (Å²) in [6.45, 7) is 1.07. The average Bonchev–Trinajstić information content (AvgIpc) is 3.09. The Morgan fingerprint density at radius 1 is 1.25 bits per heavy atom. The zero-order valence-corrected chi connectivity index (χ0v) is 10.1. The Morgan fingerprint density at radius 2 is 1.88 bits per heavy atom. The van der Waals surface area contributed by atoms with Crippen LogP contribution in [0, 0.1) is 17.2 Å². The van der Waals surface area contributed by atoms with Crippen molar-refractivity contribution in [3.8, 4) is 6.07 Å². The van der Waals surface area contributed by atoms with Crippen LogP contribution in [0.1, 0.15) is 38.5 Å². The molecule has 2 heterocycles. The highest BCUT2D eigenvalue weighted by atomic mass is 15.2. The van der Waals surface area contributed by atoms with E-state index in [9.17, 15) is 5.26 Å². The third-order valence-corrected chi connectivity index (χ3v) is 4.79. The monoisotopic (exact) mass is 219 g/mol. The largest absolute Gasteiger partial charge is 0.300 e. The Morgan fingerprint density at radius 3 is 2.38 bits per heavy atom. The minimum atomic E-state index is -0.207. The van der Waals surface area contributed by atoms with Gasteiger partial charge in [0.25, 0.3) is 0 Å². The van der Waals surface area contributed by atoms with Gasteiger partial charge in [-0.05, 0) is 58.0 Å². The zero-order valence-electron chi connectivity index (χ0n) is 10.1. The van der Waals surface area contributed by atoms with Crippen LogP contribution in [0.4, 0.5) is 0 Å². The molecule has 3 fully saturated rings. The Kier molecular flexibility index (Phi) is 2.45. The van der Waals surface area contributed by atoms with Crippen molar-refractivity contribution >= 4 is 0 Å². The molecule has 88 valence electrons. The third kappa shape index (κ3) is 1.74. The van der Waals surface area contributed by atoms with E-state index in [2.05, 4.69) is 23.3 Å². The summed E-state index contributed by atoms with van der Waals surface area (Å²) >= 11 is 0. The summed E-state index contributed by atoms with van der Waals surface area (Å²) in [6.07, 6.45) is 7.36. The van der Waals surface area contributed by atoms with E-state index in [1.54, 1.807) is 0 Å². The molecule has 0 aromatic carbocycles. The number of hydrogen-bond acceptors (Lipinski definition) is 3. The number of nitriles is 1. The van der Waals surface area contributed by atoms with E-state index in [1.165, 1.54) is 25.7 Å². The van der Waals surface area contributed by atoms with Gasteiger partial charge in [-0.1, -0.05) is 0 Å². The van der Waals surface area contributed by atoms with E-state index in [0.29, 0.717) is 12.1 Å². The van der Waals surface area contributed by atoms with Crippen molar-refractivity contribution in [2.45, 2.75) is 56.1 Å². The second kappa shape index (κ2) is 3.72. The highest BCUT2D eigenvalue weighted by Crippen LogP contribution is 2.40. The van der Waals surface area contributed by atoms with Crippen LogP contribution in [0.3, 0.4) is 0 Å². The molecule has 0 radical (unpaired) electrons. The molecule has 0 aromatic heterocycles. The molecule has 0 aromatic rings. The first-order valence-corrected chi connectivity index (χ1v) is 6.61. The average molecular weight is 219 g/mol. The minimum absolute atomic E-state index is 0.207. The van der Waals surface area contributed by atoms with Gasteiger partial charge in [0, 0.05) is 12.1 Å². The minimum Gasteiger partial charge on any atom is -0.300 e. The van der Waals surface area contributed by atoms with Gasteiger partial charge >= 0.3 is 0 Å². The first kappa shape index (κ1) is 10.6. The fourth-order valence-electron chi connectivity index (χ4n) is 3.41. The topological polar surface area (TPSA) is 39.1 Å². The number of nitrogens with zero attached hydrogens (tertiary/aromatic N) is 2. The van der Waals surface area contributed by atoms with Gasteiger partial charge in [0.2, 0.25) is 0 Å². The van der Waals surface area contributed by atoms with Gasteiger partial charge in [0.15, 0.2) is 0 Å². The van der Waals surface area contributed by atoms with E-state index in [1.807, 2.05) is 0 Å². The Hall–Kier alpha value is -0.590. The number of hydrogen-bond donors (Lipinski definition) is 1. The maximum atomic E-state index is 9.49. The van der Waals surface area contributed by atoms with E-state index < -0.39 is 0 Å². The Balaban J connectivity index is 1.68. The van der Waals surface area contributed by atoms with E-state index in [0.717, 1.165) is 25.3 Å². The lowest BCUT2D eigenvalue weighted by molar-refractivity contribution is 0.119. The van der Waals surface area contributed by atoms with Crippen LogP contribution in [0.2, 0.25) is 0 Å². The maximum absolute atomic E-state index is 9.49. The highest BCUT2D eigenvalue weighted by molar-refractivity contribution is 5.16. The summed E-state index contributed by atoms with van der Waals surface area (Å²) in [5.74, 6) is 0.863. The molecule has 1 saturated carbocycles. The molecular formula is C13H21N3. The summed E-state index contributed by atoms with van der Waals surface area (Å²) in [5, 5.41) is 13.1. The van der Waals surface area contributed by atoms with Crippen LogP contribution in [0.15, 0.2) is 0 Å². The number of nitrogens with one attached hydrogen (secondary N) is 1. The Labute approximate surface area is 97.8 Å². The molecule has 2 saturated heterocycles. The number of rotatable bonds is 3. The van der Waals surface area contributed by atoms with Crippen molar-refractivity contribution in [2.75, 3.05) is 13.6 Å². The van der Waals surface area contributed by atoms with E-state index in [4.69, 9.17) is 0 Å². The lowest BCUT2D eigenvalue weighted by atomic mass is 9.84. The molecule has 0 amide bonds. The molecule has 2 unspecified atom stereocenters. The summed E-state index contributed by atoms with van der Waals surface area (Å²) in [5.41, 5.74) is -0.207. The van der Waals surface area contributed by atoms with Gasteiger partial charge < -0.3 is 4.90 Å². The van der Waals surface area contributed by atoms with Crippen molar-refractivity contribution in [1.82, 2.24) is 10.2 Å². The standard InChI is InChI=1S/C13H21N3/c1-16-11-4-5-12(16)7-13(6-11,9-14)15-8-10-2-3-10/h10-12,15H,2-8H2,1H3. The van der Waals surface area contributed by atoms with Gasteiger partial charge in [-0.25, -0.2) is 0 Å². The smallest absolute Gasteiger partial charge is 0.109 e. The second-order valence-electron chi connectivity index (χ2n) is 5.98. The number of piperidine rings is 1. The molecular weight excluding hydrogens is 198 g/mol. The first-order valence-electron chi connectivity index (χ1n) is 6.61. The summed E-state index contributed by atoms with van der Waals surface area (Å²) in [6, 6.07) is 3.87. The summed E-state index contributed by atoms with van der Waals surface area (Å²) in [4.78, 5) is 2.49. The molecule has 1 aliphatic carbocycles. The molecule has 2 bridgehead atoms. The van der Waals surface area contributed by atoms with Crippen molar-refractivity contribution in [1.29, 1.82) is 5.26 Å². The van der Waals surface area contributed by atoms with Crippen molar-refractivity contribution < 1.29 is 0 Å². The van der Waals surface area contributed by atoms with Crippen LogP contribution >= 0.6 is 0 Å². The molecule has 1 N–H and O–H groups in total. The molecule has 3 nitrogen and oxygen atoms in total. The lowest BCUT2D eigenvalue weighted by Crippen LogP contribution is -2.56. The van der Waals surface area contributed by atoms with Gasteiger partial charge in [0.05, 0.1) is 6.07 Å². The maximum Gasteiger partial charge on any atom is 0.109 e. The van der Waals surface area contributed by atoms with Gasteiger partial charge in [0.1, 0.15) is 5.54 Å². The van der Waals surface area contributed by atoms with Crippen LogP contribution in [0.25, 0.3) is 0 Å². The zero-order chi connectivity index (χ0) is 11.2. The SMILES string of the molecule is CN1C2CCC1CC(C#N)(NCC1CC1)C2. The molecule has 3 aliphatic rings. The number of fused-ring (bicyclic) bond motifs is 2. The predicted molar refractivity (Wildman–Crippen MR) is 62.9 cm³/mol. The van der Waals surface area contributed by atoms with Gasteiger partial charge in [-0.2, -0.15) is 5.26 Å². The molecule has 2 atom stereocenters. The van der Waals surface area contributed by atoms with Crippen molar-refractivity contribution in [2.24, 2.45) is 5.92 Å². The van der Waals surface area contributed by atoms with Crippen molar-refractivity contribution in [3.63, 3.8) is 0 Å². The third-order valence-electron chi connectivity index (χ3n) is 4.79. The molecule has 3 rings (SSSR count). The van der Waals surface area contributed by atoms with Crippen LogP contribution in [0.5, 0.6) is 0 Å². The van der Waals surface area contributed by atoms with Crippen LogP contribution in [-0.2, 0) is 0 Å². The van der Waals surface area contributed by atoms with Gasteiger partial charge in [-0.15, -0.1) is 0 Å². The fourth-order valence-corrected chi connectivity index (χ4v) is 3.41. The molecule has 16 heavy (non-hydrogen) atoms. The quantitative estimate of drug-likeness (QED) is 0.782. The first-order chi connectivity index (χ1) is 7.72. The second-order valence-corrected chi connectivity index (χ2v) is 5.98. The molecule has 0 spiro atoms. The summed E-state index contributed by atoms with van der Waals surface area (Å²) < 4.78 is 0. The normalized spacial score (nSPS) is 43.2. The molecule has 3 heteroatoms. The van der Waals surface area contributed by atoms with Crippen LogP contribution in [-0.4, -0.2) is 36.1 Å². The summed E-state index contributed by atoms with van der Waals surface area (Å²) in [7, 11) is 2.23. The van der Waals surface area contributed by atoms with Crippen molar-refractivity contribution in [3.05, 3.63) is 0 Å². The van der Waals surface area contributed by atoms with E-state index >= 15 is 0 Å². The van der Waals surface area contributed by atoms with E-state index in [-0.39, 0.29) is 5.54 Å². The van der Waals surface area contributed by atoms with Crippen LogP contribution < -0.4 is 5.32 Å². The van der Waals surface area contributed by atoms with Gasteiger partial charge in [-0.3, -0.25) is 5.32 Å². The Bertz CT molecular complexity index is 302. The lowest BCUT2D eigenvalue weighted by Gasteiger charge is -2.41. The fraction of sp³-hybridized carbons (Fsp3) is 0.923.